The molecule has 0 spiro atoms. The largest absolute Gasteiger partial charge is 0.481 e. The van der Waals surface area contributed by atoms with Crippen LogP contribution in [0.2, 0.25) is 0 Å². The van der Waals surface area contributed by atoms with Gasteiger partial charge in [-0.05, 0) is 0 Å². The van der Waals surface area contributed by atoms with Gasteiger partial charge in [-0.15, -0.1) is 12.3 Å². The van der Waals surface area contributed by atoms with Gasteiger partial charge in [-0.25, -0.2) is 0 Å². The summed E-state index contributed by atoms with van der Waals surface area (Å²) in [6.45, 7) is 7.79. The van der Waals surface area contributed by atoms with E-state index in [0.717, 1.165) is 6.42 Å². The summed E-state index contributed by atoms with van der Waals surface area (Å²) in [6.07, 6.45) is 7.10. The maximum absolute atomic E-state index is 9.37. The van der Waals surface area contributed by atoms with Crippen LogP contribution in [-0.4, -0.2) is 11.1 Å². The lowest BCUT2D eigenvalue weighted by atomic mass is 10.5. The van der Waals surface area contributed by atoms with Crippen LogP contribution in [0.25, 0.3) is 0 Å². The number of carboxylic acid groups (broad SMARTS) is 1. The molecule has 0 heterocycles. The number of terminal acetylenes is 1. The fourth-order valence-electron chi connectivity index (χ4n) is 0. The Bertz CT molecular complexity index is 111. The standard InChI is InChI=1S/C4H6.C3H6O2.C3H8/c1-3-4-2;1-2-3(4)5;1-3-2/h1H,4H2,2H3;2H2,1H3,(H,4,5);3H2,1-2H3. The van der Waals surface area contributed by atoms with E-state index < -0.39 is 5.97 Å². The topological polar surface area (TPSA) is 37.3 Å². The molecule has 0 saturated carbocycles. The summed E-state index contributed by atoms with van der Waals surface area (Å²) < 4.78 is 0. The van der Waals surface area contributed by atoms with Crippen LogP contribution in [-0.2, 0) is 4.79 Å². The SMILES string of the molecule is C#CCC.CCC.CCC(=O)O. The lowest BCUT2D eigenvalue weighted by Gasteiger charge is -1.71. The zero-order valence-corrected chi connectivity index (χ0v) is 8.55. The third-order valence-corrected chi connectivity index (χ3v) is 0.507. The molecule has 0 aliphatic heterocycles. The molecule has 0 aliphatic rings. The van der Waals surface area contributed by atoms with Crippen molar-refractivity contribution in [2.45, 2.75) is 47.0 Å². The molecule has 1 N–H and O–H groups in total. The lowest BCUT2D eigenvalue weighted by molar-refractivity contribution is -0.136. The predicted molar refractivity (Wildman–Crippen MR) is 53.0 cm³/mol. The Morgan fingerprint density at radius 3 is 1.50 bits per heavy atom. The summed E-state index contributed by atoms with van der Waals surface area (Å²) in [5, 5.41) is 7.72. The van der Waals surface area contributed by atoms with E-state index in [2.05, 4.69) is 19.8 Å². The van der Waals surface area contributed by atoms with Gasteiger partial charge >= 0.3 is 5.97 Å². The molecular weight excluding hydrogens is 152 g/mol. The number of carboxylic acids is 1. The minimum Gasteiger partial charge on any atom is -0.481 e. The molecule has 0 aromatic heterocycles. The quantitative estimate of drug-likeness (QED) is 0.617. The molecule has 0 aromatic rings. The van der Waals surface area contributed by atoms with Crippen molar-refractivity contribution in [2.75, 3.05) is 0 Å². The molecule has 0 unspecified atom stereocenters. The van der Waals surface area contributed by atoms with E-state index in [9.17, 15) is 4.79 Å². The molecule has 12 heavy (non-hydrogen) atoms. The maximum atomic E-state index is 9.37. The second-order valence-electron chi connectivity index (χ2n) is 2.01. The monoisotopic (exact) mass is 172 g/mol. The summed E-state index contributed by atoms with van der Waals surface area (Å²) in [4.78, 5) is 9.37. The van der Waals surface area contributed by atoms with E-state index in [1.165, 1.54) is 6.42 Å². The van der Waals surface area contributed by atoms with Crippen molar-refractivity contribution < 1.29 is 9.90 Å². The zero-order chi connectivity index (χ0) is 10.4. The molecular formula is C10H20O2. The van der Waals surface area contributed by atoms with Gasteiger partial charge in [-0.3, -0.25) is 4.79 Å². The Balaban J connectivity index is -0.000000105. The van der Waals surface area contributed by atoms with E-state index in [0.29, 0.717) is 0 Å². The predicted octanol–water partition coefficient (Wildman–Crippen LogP) is 2.93. The highest BCUT2D eigenvalue weighted by Crippen LogP contribution is 1.67. The summed E-state index contributed by atoms with van der Waals surface area (Å²) in [5.41, 5.74) is 0. The fourth-order valence-corrected chi connectivity index (χ4v) is 0. The van der Waals surface area contributed by atoms with E-state index >= 15 is 0 Å². The van der Waals surface area contributed by atoms with Gasteiger partial charge in [0, 0.05) is 12.8 Å². The molecule has 2 heteroatoms. The summed E-state index contributed by atoms with van der Waals surface area (Å²) in [6, 6.07) is 0. The minimum atomic E-state index is -0.745. The highest BCUT2D eigenvalue weighted by atomic mass is 16.4. The average molecular weight is 172 g/mol. The van der Waals surface area contributed by atoms with Crippen LogP contribution in [0.3, 0.4) is 0 Å². The molecule has 0 aliphatic carbocycles. The van der Waals surface area contributed by atoms with Crippen LogP contribution in [0.1, 0.15) is 47.0 Å². The van der Waals surface area contributed by atoms with E-state index in [-0.39, 0.29) is 6.42 Å². The van der Waals surface area contributed by atoms with Crippen LogP contribution in [0.15, 0.2) is 0 Å². The van der Waals surface area contributed by atoms with Crippen LogP contribution < -0.4 is 0 Å². The van der Waals surface area contributed by atoms with Gasteiger partial charge in [0.25, 0.3) is 0 Å². The highest BCUT2D eigenvalue weighted by Gasteiger charge is 1.80. The third kappa shape index (κ3) is 141. The first kappa shape index (κ1) is 17.2. The van der Waals surface area contributed by atoms with Crippen molar-refractivity contribution in [2.24, 2.45) is 0 Å². The Kier molecular flexibility index (Phi) is 32.3. The Hall–Kier alpha value is -0.970. The van der Waals surface area contributed by atoms with Gasteiger partial charge in [0.2, 0.25) is 0 Å². The zero-order valence-electron chi connectivity index (χ0n) is 8.55. The van der Waals surface area contributed by atoms with Crippen LogP contribution in [0.4, 0.5) is 0 Å². The third-order valence-electron chi connectivity index (χ3n) is 0.507. The van der Waals surface area contributed by atoms with E-state index in [1.54, 1.807) is 6.92 Å². The average Bonchev–Trinajstić information content (AvgIpc) is 2.06. The van der Waals surface area contributed by atoms with Crippen molar-refractivity contribution >= 4 is 5.97 Å². The number of hydrogen-bond acceptors (Lipinski definition) is 1. The van der Waals surface area contributed by atoms with Crippen molar-refractivity contribution in [3.63, 3.8) is 0 Å². The first-order valence-electron chi connectivity index (χ1n) is 4.25. The van der Waals surface area contributed by atoms with Gasteiger partial charge < -0.3 is 5.11 Å². The molecule has 2 nitrogen and oxygen atoms in total. The second-order valence-corrected chi connectivity index (χ2v) is 2.01. The van der Waals surface area contributed by atoms with Crippen molar-refractivity contribution in [3.8, 4) is 12.3 Å². The molecule has 0 atom stereocenters. The van der Waals surface area contributed by atoms with Crippen LogP contribution in [0, 0.1) is 12.3 Å². The van der Waals surface area contributed by atoms with Crippen molar-refractivity contribution in [3.05, 3.63) is 0 Å². The number of rotatable bonds is 1. The first-order chi connectivity index (χ1) is 5.60. The van der Waals surface area contributed by atoms with E-state index in [4.69, 9.17) is 11.5 Å². The summed E-state index contributed by atoms with van der Waals surface area (Å²) >= 11 is 0. The number of hydrogen-bond donors (Lipinski definition) is 1. The fraction of sp³-hybridized carbons (Fsp3) is 0.700. The molecule has 0 radical (unpaired) electrons. The molecule has 72 valence electrons. The maximum Gasteiger partial charge on any atom is 0.303 e. The van der Waals surface area contributed by atoms with Crippen molar-refractivity contribution in [1.82, 2.24) is 0 Å². The summed E-state index contributed by atoms with van der Waals surface area (Å²) in [5.74, 6) is 1.69. The molecule has 0 bridgehead atoms. The van der Waals surface area contributed by atoms with Gasteiger partial charge in [-0.2, -0.15) is 0 Å². The molecule has 0 rings (SSSR count). The summed E-state index contributed by atoms with van der Waals surface area (Å²) in [7, 11) is 0. The number of carbonyl (C=O) groups is 1. The highest BCUT2D eigenvalue weighted by molar-refractivity contribution is 5.66. The number of aliphatic carboxylic acids is 1. The van der Waals surface area contributed by atoms with Gasteiger partial charge in [0.15, 0.2) is 0 Å². The normalized spacial score (nSPS) is 6.25. The van der Waals surface area contributed by atoms with Crippen LogP contribution >= 0.6 is 0 Å². The molecule has 0 fully saturated rings. The minimum absolute atomic E-state index is 0.222. The van der Waals surface area contributed by atoms with Gasteiger partial charge in [0.1, 0.15) is 0 Å². The second kappa shape index (κ2) is 22.5. The van der Waals surface area contributed by atoms with Crippen LogP contribution in [0.5, 0.6) is 0 Å². The van der Waals surface area contributed by atoms with Gasteiger partial charge in [0.05, 0.1) is 0 Å². The molecule has 0 saturated heterocycles. The van der Waals surface area contributed by atoms with E-state index in [1.807, 2.05) is 6.92 Å². The Morgan fingerprint density at radius 1 is 1.33 bits per heavy atom. The van der Waals surface area contributed by atoms with Crippen molar-refractivity contribution in [1.29, 1.82) is 0 Å². The lowest BCUT2D eigenvalue weighted by Crippen LogP contribution is -1.86. The van der Waals surface area contributed by atoms with Gasteiger partial charge in [-0.1, -0.05) is 34.1 Å². The Labute approximate surface area is 76.0 Å². The Morgan fingerprint density at radius 2 is 1.50 bits per heavy atom. The first-order valence-corrected chi connectivity index (χ1v) is 4.25. The smallest absolute Gasteiger partial charge is 0.303 e. The molecule has 0 amide bonds. The molecule has 0 aromatic carbocycles.